The van der Waals surface area contributed by atoms with Crippen LogP contribution in [-0.2, 0) is 15.7 Å². The van der Waals surface area contributed by atoms with Crippen LogP contribution in [0.25, 0.3) is 10.4 Å². The molecule has 4 nitrogen and oxygen atoms in total. The van der Waals surface area contributed by atoms with Gasteiger partial charge in [-0.3, -0.25) is 9.69 Å². The topological polar surface area (TPSA) is 58.7 Å². The maximum atomic E-state index is 13.0. The van der Waals surface area contributed by atoms with E-state index in [0.29, 0.717) is 11.9 Å². The highest BCUT2D eigenvalue weighted by Gasteiger charge is 2.53. The maximum absolute atomic E-state index is 13.0. The summed E-state index contributed by atoms with van der Waals surface area (Å²) in [5, 5.41) is 0. The highest BCUT2D eigenvalue weighted by molar-refractivity contribution is 7.15. The van der Waals surface area contributed by atoms with E-state index in [-0.39, 0.29) is 17.2 Å². The third-order valence-electron chi connectivity index (χ3n) is 6.10. The predicted octanol–water partition coefficient (Wildman–Crippen LogP) is 4.74. The minimum Gasteiger partial charge on any atom is -0.369 e. The summed E-state index contributed by atoms with van der Waals surface area (Å²) in [6, 6.07) is 13.0. The largest absolute Gasteiger partial charge is 0.369 e. The number of nitrogens with two attached hydrogens (primary N) is 1. The van der Waals surface area contributed by atoms with Gasteiger partial charge in [0, 0.05) is 16.8 Å². The first kappa shape index (κ1) is 19.2. The first-order chi connectivity index (χ1) is 13.1. The number of rotatable bonds is 3. The van der Waals surface area contributed by atoms with Crippen LogP contribution in [0.3, 0.4) is 0 Å². The zero-order chi connectivity index (χ0) is 20.3. The molecule has 4 rings (SSSR count). The van der Waals surface area contributed by atoms with Gasteiger partial charge in [-0.15, -0.1) is 11.3 Å². The fourth-order valence-corrected chi connectivity index (χ4v) is 5.28. The van der Waals surface area contributed by atoms with Crippen LogP contribution in [0.15, 0.2) is 41.4 Å². The summed E-state index contributed by atoms with van der Waals surface area (Å²) in [5.41, 5.74) is 8.17. The lowest BCUT2D eigenvalue weighted by Crippen LogP contribution is -2.54. The van der Waals surface area contributed by atoms with Crippen LogP contribution in [0.4, 0.5) is 0 Å². The molecule has 0 unspecified atom stereocenters. The van der Waals surface area contributed by atoms with Crippen molar-refractivity contribution in [2.45, 2.75) is 51.5 Å². The lowest BCUT2D eigenvalue weighted by atomic mass is 9.79. The van der Waals surface area contributed by atoms with Gasteiger partial charge in [0.2, 0.25) is 5.91 Å². The van der Waals surface area contributed by atoms with Crippen molar-refractivity contribution >= 4 is 23.2 Å². The molecule has 2 heterocycles. The Balaban J connectivity index is 1.75. The molecule has 2 aromatic rings. The number of carbonyl (C=O) groups excluding carboxylic acids is 1. The van der Waals surface area contributed by atoms with E-state index in [1.165, 1.54) is 20.9 Å². The number of hydrogen-bond acceptors (Lipinski definition) is 4. The van der Waals surface area contributed by atoms with Crippen molar-refractivity contribution in [2.75, 3.05) is 7.05 Å². The first-order valence-corrected chi connectivity index (χ1v) is 10.8. The normalized spacial score (nSPS) is 25.8. The van der Waals surface area contributed by atoms with Crippen molar-refractivity contribution in [2.24, 2.45) is 22.6 Å². The van der Waals surface area contributed by atoms with E-state index < -0.39 is 5.54 Å². The number of benzene rings is 1. The first-order valence-electron chi connectivity index (χ1n) is 9.95. The van der Waals surface area contributed by atoms with E-state index in [1.54, 1.807) is 18.4 Å². The minimum absolute atomic E-state index is 0.0992. The standard InChI is InChI=1S/C23H29N3OS/c1-22(2,3)16-8-6-7-15(13-16)17-11-12-18(28-17)23(4)19(14-9-10-14)20(27)26(5)21(24)25-23/h6-8,11-14,19H,9-10H2,1-5H3,(H2,24,25)/t19-,23+/m0/s1. The second-order valence-corrected chi connectivity index (χ2v) is 10.4. The Morgan fingerprint density at radius 1 is 1.21 bits per heavy atom. The van der Waals surface area contributed by atoms with E-state index in [4.69, 9.17) is 10.7 Å². The predicted molar refractivity (Wildman–Crippen MR) is 116 cm³/mol. The molecule has 2 aliphatic rings. The van der Waals surface area contributed by atoms with Crippen LogP contribution in [0, 0.1) is 11.8 Å². The Hall–Kier alpha value is -2.14. The van der Waals surface area contributed by atoms with E-state index in [2.05, 4.69) is 64.1 Å². The molecule has 1 aliphatic carbocycles. The number of guanidine groups is 1. The molecule has 28 heavy (non-hydrogen) atoms. The number of carbonyl (C=O) groups is 1. The van der Waals surface area contributed by atoms with Gasteiger partial charge in [-0.1, -0.05) is 39.0 Å². The van der Waals surface area contributed by atoms with Crippen LogP contribution < -0.4 is 5.73 Å². The second-order valence-electron chi connectivity index (χ2n) is 9.32. The molecule has 0 spiro atoms. The highest BCUT2D eigenvalue weighted by atomic mass is 32.1. The second kappa shape index (κ2) is 6.45. The summed E-state index contributed by atoms with van der Waals surface area (Å²) in [5.74, 6) is 0.694. The Morgan fingerprint density at radius 3 is 2.57 bits per heavy atom. The van der Waals surface area contributed by atoms with Crippen LogP contribution in [-0.4, -0.2) is 23.8 Å². The van der Waals surface area contributed by atoms with E-state index >= 15 is 0 Å². The molecule has 148 valence electrons. The van der Waals surface area contributed by atoms with Gasteiger partial charge in [0.1, 0.15) is 5.54 Å². The third kappa shape index (κ3) is 3.16. The summed E-state index contributed by atoms with van der Waals surface area (Å²) in [6.07, 6.45) is 2.20. The Bertz CT molecular complexity index is 951. The average Bonchev–Trinajstić information content (AvgIpc) is 3.32. The van der Waals surface area contributed by atoms with Crippen molar-refractivity contribution < 1.29 is 4.79 Å². The molecular weight excluding hydrogens is 366 g/mol. The molecule has 2 atom stereocenters. The molecule has 5 heteroatoms. The zero-order valence-corrected chi connectivity index (χ0v) is 18.1. The molecule has 0 bridgehead atoms. The van der Waals surface area contributed by atoms with E-state index in [1.807, 2.05) is 0 Å². The monoisotopic (exact) mass is 395 g/mol. The number of nitrogens with zero attached hydrogens (tertiary/aromatic N) is 2. The molecule has 1 aliphatic heterocycles. The summed E-state index contributed by atoms with van der Waals surface area (Å²) in [6.45, 7) is 8.77. The minimum atomic E-state index is -0.584. The molecular formula is C23H29N3OS. The molecule has 1 aromatic heterocycles. The van der Waals surface area contributed by atoms with Crippen molar-refractivity contribution in [3.63, 3.8) is 0 Å². The fraction of sp³-hybridized carbons (Fsp3) is 0.478. The molecule has 1 fully saturated rings. The molecule has 1 amide bonds. The van der Waals surface area contributed by atoms with Gasteiger partial charge >= 0.3 is 0 Å². The van der Waals surface area contributed by atoms with Gasteiger partial charge in [-0.25, -0.2) is 4.99 Å². The van der Waals surface area contributed by atoms with Crippen molar-refractivity contribution in [3.05, 3.63) is 46.8 Å². The Kier molecular flexibility index (Phi) is 4.42. The van der Waals surface area contributed by atoms with Gasteiger partial charge < -0.3 is 5.73 Å². The van der Waals surface area contributed by atoms with Gasteiger partial charge in [-0.05, 0) is 60.4 Å². The van der Waals surface area contributed by atoms with Gasteiger partial charge in [0.15, 0.2) is 5.96 Å². The molecule has 0 saturated heterocycles. The highest BCUT2D eigenvalue weighted by Crippen LogP contribution is 2.52. The summed E-state index contributed by atoms with van der Waals surface area (Å²) < 4.78 is 0. The summed E-state index contributed by atoms with van der Waals surface area (Å²) in [4.78, 5) is 21.7. The van der Waals surface area contributed by atoms with E-state index in [0.717, 1.165) is 17.7 Å². The molecule has 1 saturated carbocycles. The summed E-state index contributed by atoms with van der Waals surface area (Å²) >= 11 is 1.73. The number of thiophene rings is 1. The Morgan fingerprint density at radius 2 is 1.93 bits per heavy atom. The molecule has 1 aromatic carbocycles. The van der Waals surface area contributed by atoms with Crippen LogP contribution in [0.1, 0.15) is 51.0 Å². The van der Waals surface area contributed by atoms with Crippen LogP contribution in [0.5, 0.6) is 0 Å². The fourth-order valence-electron chi connectivity index (χ4n) is 4.15. The maximum Gasteiger partial charge on any atom is 0.235 e. The number of aliphatic imine (C=N–C) groups is 1. The lowest BCUT2D eigenvalue weighted by Gasteiger charge is -2.40. The van der Waals surface area contributed by atoms with Crippen molar-refractivity contribution in [1.82, 2.24) is 4.90 Å². The summed E-state index contributed by atoms with van der Waals surface area (Å²) in [7, 11) is 1.73. The SMILES string of the molecule is CN1C(=O)[C@H](C2CC2)[C@@](C)(c2ccc(-c3cccc(C(C)(C)C)c3)s2)N=C1N. The van der Waals surface area contributed by atoms with Crippen LogP contribution >= 0.6 is 11.3 Å². The smallest absolute Gasteiger partial charge is 0.235 e. The lowest BCUT2D eigenvalue weighted by molar-refractivity contribution is -0.134. The van der Waals surface area contributed by atoms with Crippen molar-refractivity contribution in [1.29, 1.82) is 0 Å². The average molecular weight is 396 g/mol. The van der Waals surface area contributed by atoms with Gasteiger partial charge in [0.05, 0.1) is 5.92 Å². The van der Waals surface area contributed by atoms with E-state index in [9.17, 15) is 4.79 Å². The zero-order valence-electron chi connectivity index (χ0n) is 17.3. The van der Waals surface area contributed by atoms with Gasteiger partial charge in [-0.2, -0.15) is 0 Å². The molecule has 2 N–H and O–H groups in total. The third-order valence-corrected chi connectivity index (χ3v) is 7.47. The quantitative estimate of drug-likeness (QED) is 0.816. The Labute approximate surface area is 171 Å². The van der Waals surface area contributed by atoms with Crippen LogP contribution in [0.2, 0.25) is 0 Å². The molecule has 0 radical (unpaired) electrons. The van der Waals surface area contributed by atoms with Crippen molar-refractivity contribution in [3.8, 4) is 10.4 Å². The number of amides is 1. The van der Waals surface area contributed by atoms with Gasteiger partial charge in [0.25, 0.3) is 0 Å². The number of hydrogen-bond donors (Lipinski definition) is 1.